The van der Waals surface area contributed by atoms with Gasteiger partial charge >= 0.3 is 0 Å². The summed E-state index contributed by atoms with van der Waals surface area (Å²) in [5.41, 5.74) is 0.497. The summed E-state index contributed by atoms with van der Waals surface area (Å²) >= 11 is 0. The topological polar surface area (TPSA) is 6.48 Å². The van der Waals surface area contributed by atoms with E-state index < -0.39 is 0 Å². The fraction of sp³-hybridized carbons (Fsp3) is 1.00. The predicted molar refractivity (Wildman–Crippen MR) is 86.0 cm³/mol. The molecule has 2 saturated heterocycles. The first-order valence-electron chi connectivity index (χ1n) is 9.11. The maximum absolute atomic E-state index is 2.96. The molecule has 0 aromatic rings. The first-order chi connectivity index (χ1) is 9.60. The number of hydrogen-bond acceptors (Lipinski definition) is 2. The lowest BCUT2D eigenvalue weighted by molar-refractivity contribution is -0.0736. The highest BCUT2D eigenvalue weighted by atomic mass is 15.3. The van der Waals surface area contributed by atoms with Gasteiger partial charge in [0.2, 0.25) is 0 Å². The van der Waals surface area contributed by atoms with Gasteiger partial charge in [-0.1, -0.05) is 39.5 Å². The Balaban J connectivity index is 1.78. The first kappa shape index (κ1) is 14.8. The van der Waals surface area contributed by atoms with Gasteiger partial charge in [0, 0.05) is 30.7 Å². The quantitative estimate of drug-likeness (QED) is 0.756. The van der Waals surface area contributed by atoms with Gasteiger partial charge in [-0.15, -0.1) is 0 Å². The fourth-order valence-electron chi connectivity index (χ4n) is 5.00. The van der Waals surface area contributed by atoms with Crippen LogP contribution in [-0.2, 0) is 0 Å². The van der Waals surface area contributed by atoms with Crippen molar-refractivity contribution < 1.29 is 0 Å². The van der Waals surface area contributed by atoms with Crippen LogP contribution in [-0.4, -0.2) is 47.1 Å². The molecule has 0 radical (unpaired) electrons. The lowest BCUT2D eigenvalue weighted by Crippen LogP contribution is -2.66. The summed E-state index contributed by atoms with van der Waals surface area (Å²) in [5.74, 6) is 0.789. The van der Waals surface area contributed by atoms with Crippen LogP contribution in [0.5, 0.6) is 0 Å². The highest BCUT2D eigenvalue weighted by Gasteiger charge is 2.44. The van der Waals surface area contributed by atoms with Crippen LogP contribution < -0.4 is 0 Å². The lowest BCUT2D eigenvalue weighted by atomic mass is 9.78. The Kier molecular flexibility index (Phi) is 4.42. The minimum atomic E-state index is 0.497. The van der Waals surface area contributed by atoms with Crippen LogP contribution in [0, 0.1) is 5.92 Å². The molecule has 20 heavy (non-hydrogen) atoms. The lowest BCUT2D eigenvalue weighted by Gasteiger charge is -2.57. The number of piperazine rings is 1. The summed E-state index contributed by atoms with van der Waals surface area (Å²) in [6.07, 6.45) is 11.6. The van der Waals surface area contributed by atoms with Crippen molar-refractivity contribution in [3.8, 4) is 0 Å². The molecule has 0 aromatic carbocycles. The van der Waals surface area contributed by atoms with E-state index in [2.05, 4.69) is 30.6 Å². The first-order valence-corrected chi connectivity index (χ1v) is 9.11. The third kappa shape index (κ3) is 2.78. The smallest absolute Gasteiger partial charge is 0.0252 e. The maximum atomic E-state index is 2.96. The largest absolute Gasteiger partial charge is 0.298 e. The predicted octanol–water partition coefficient (Wildman–Crippen LogP) is 3.90. The molecule has 2 nitrogen and oxygen atoms in total. The van der Waals surface area contributed by atoms with Gasteiger partial charge in [-0.05, 0) is 45.1 Å². The van der Waals surface area contributed by atoms with E-state index in [1.54, 1.807) is 0 Å². The molecule has 2 heterocycles. The zero-order chi connectivity index (χ0) is 14.2. The van der Waals surface area contributed by atoms with Gasteiger partial charge < -0.3 is 0 Å². The molecule has 1 saturated carbocycles. The van der Waals surface area contributed by atoms with Crippen molar-refractivity contribution in [1.29, 1.82) is 0 Å². The summed E-state index contributed by atoms with van der Waals surface area (Å²) in [6, 6.07) is 1.64. The number of hydrogen-bond donors (Lipinski definition) is 0. The highest BCUT2D eigenvalue weighted by Crippen LogP contribution is 2.39. The van der Waals surface area contributed by atoms with E-state index in [-0.39, 0.29) is 0 Å². The van der Waals surface area contributed by atoms with Crippen LogP contribution in [0.15, 0.2) is 0 Å². The maximum Gasteiger partial charge on any atom is 0.0252 e. The molecule has 2 aliphatic heterocycles. The van der Waals surface area contributed by atoms with Crippen LogP contribution in [0.3, 0.4) is 0 Å². The average molecular weight is 278 g/mol. The van der Waals surface area contributed by atoms with E-state index in [0.717, 1.165) is 18.0 Å². The van der Waals surface area contributed by atoms with Crippen LogP contribution in [0.1, 0.15) is 72.1 Å². The number of rotatable bonds is 2. The Morgan fingerprint density at radius 2 is 1.70 bits per heavy atom. The van der Waals surface area contributed by atoms with Gasteiger partial charge in [0.1, 0.15) is 0 Å². The van der Waals surface area contributed by atoms with E-state index in [1.807, 2.05) is 0 Å². The standard InChI is InChI=1S/C18H34N2/c1-15(2)17-14-19-12-8-5-9-16(19)13-20(17)18(3)10-6-4-7-11-18/h15-17H,4-14H2,1-3H3. The van der Waals surface area contributed by atoms with Crippen molar-refractivity contribution in [3.63, 3.8) is 0 Å². The SMILES string of the molecule is CC(C)C1CN2CCCCC2CN1C1(C)CCCCC1. The van der Waals surface area contributed by atoms with Crippen LogP contribution >= 0.6 is 0 Å². The summed E-state index contributed by atoms with van der Waals surface area (Å²) in [7, 11) is 0. The molecule has 116 valence electrons. The molecule has 2 heteroatoms. The Morgan fingerprint density at radius 1 is 0.950 bits per heavy atom. The molecular formula is C18H34N2. The Bertz CT molecular complexity index is 319. The van der Waals surface area contributed by atoms with Crippen molar-refractivity contribution in [3.05, 3.63) is 0 Å². The molecule has 0 bridgehead atoms. The second kappa shape index (κ2) is 5.96. The molecule has 0 N–H and O–H groups in total. The minimum absolute atomic E-state index is 0.497. The van der Waals surface area contributed by atoms with Crippen molar-refractivity contribution in [2.45, 2.75) is 89.8 Å². The Labute approximate surface area is 125 Å². The fourth-order valence-corrected chi connectivity index (χ4v) is 5.00. The molecule has 1 aliphatic carbocycles. The molecule has 2 atom stereocenters. The van der Waals surface area contributed by atoms with Crippen LogP contribution in [0.25, 0.3) is 0 Å². The van der Waals surface area contributed by atoms with Gasteiger partial charge in [-0.25, -0.2) is 0 Å². The third-order valence-corrected chi connectivity index (χ3v) is 6.37. The molecule has 3 rings (SSSR count). The summed E-state index contributed by atoms with van der Waals surface area (Å²) in [5, 5.41) is 0. The van der Waals surface area contributed by atoms with Crippen LogP contribution in [0.4, 0.5) is 0 Å². The van der Waals surface area contributed by atoms with Crippen molar-refractivity contribution >= 4 is 0 Å². The normalized spacial score (nSPS) is 36.0. The van der Waals surface area contributed by atoms with E-state index in [1.165, 1.54) is 71.0 Å². The van der Waals surface area contributed by atoms with Gasteiger partial charge in [0.05, 0.1) is 0 Å². The van der Waals surface area contributed by atoms with E-state index in [4.69, 9.17) is 0 Å². The van der Waals surface area contributed by atoms with Gasteiger partial charge in [0.15, 0.2) is 0 Å². The monoisotopic (exact) mass is 278 g/mol. The second-order valence-corrected chi connectivity index (χ2v) is 8.17. The molecule has 3 aliphatic rings. The molecule has 2 unspecified atom stereocenters. The van der Waals surface area contributed by atoms with E-state index >= 15 is 0 Å². The zero-order valence-electron chi connectivity index (χ0n) is 13.9. The molecular weight excluding hydrogens is 244 g/mol. The van der Waals surface area contributed by atoms with Gasteiger partial charge in [-0.3, -0.25) is 9.80 Å². The van der Waals surface area contributed by atoms with Gasteiger partial charge in [0.25, 0.3) is 0 Å². The van der Waals surface area contributed by atoms with E-state index in [0.29, 0.717) is 5.54 Å². The average Bonchev–Trinajstić information content (AvgIpc) is 2.46. The van der Waals surface area contributed by atoms with Crippen molar-refractivity contribution in [2.75, 3.05) is 19.6 Å². The third-order valence-electron chi connectivity index (χ3n) is 6.37. The molecule has 0 amide bonds. The Morgan fingerprint density at radius 3 is 2.40 bits per heavy atom. The molecule has 0 spiro atoms. The van der Waals surface area contributed by atoms with Gasteiger partial charge in [-0.2, -0.15) is 0 Å². The number of piperidine rings is 1. The Hall–Kier alpha value is -0.0800. The van der Waals surface area contributed by atoms with Crippen LogP contribution in [0.2, 0.25) is 0 Å². The summed E-state index contributed by atoms with van der Waals surface area (Å²) < 4.78 is 0. The zero-order valence-corrected chi connectivity index (χ0v) is 13.9. The van der Waals surface area contributed by atoms with E-state index in [9.17, 15) is 0 Å². The summed E-state index contributed by atoms with van der Waals surface area (Å²) in [6.45, 7) is 11.5. The highest BCUT2D eigenvalue weighted by molar-refractivity contribution is 5.00. The van der Waals surface area contributed by atoms with Crippen molar-refractivity contribution in [1.82, 2.24) is 9.80 Å². The van der Waals surface area contributed by atoms with Crippen molar-refractivity contribution in [2.24, 2.45) is 5.92 Å². The molecule has 0 aromatic heterocycles. The number of nitrogens with zero attached hydrogens (tertiary/aromatic N) is 2. The second-order valence-electron chi connectivity index (χ2n) is 8.17. The number of fused-ring (bicyclic) bond motifs is 1. The summed E-state index contributed by atoms with van der Waals surface area (Å²) in [4.78, 5) is 5.78. The molecule has 3 fully saturated rings. The minimum Gasteiger partial charge on any atom is -0.298 e.